The van der Waals surface area contributed by atoms with Gasteiger partial charge in [0.05, 0.1) is 25.4 Å². The van der Waals surface area contributed by atoms with Gasteiger partial charge in [-0.15, -0.1) is 5.10 Å². The van der Waals surface area contributed by atoms with Crippen molar-refractivity contribution in [2.75, 3.05) is 19.5 Å². The number of carbonyl (C=O) groups is 2. The van der Waals surface area contributed by atoms with Crippen LogP contribution < -0.4 is 14.8 Å². The summed E-state index contributed by atoms with van der Waals surface area (Å²) < 4.78 is 12.3. The molecule has 0 spiro atoms. The normalized spacial score (nSPS) is 11.8. The number of rotatable bonds is 10. The van der Waals surface area contributed by atoms with E-state index in [0.717, 1.165) is 16.6 Å². The molecule has 0 aliphatic rings. The van der Waals surface area contributed by atoms with Crippen LogP contribution in [0.2, 0.25) is 0 Å². The largest absolute Gasteiger partial charge is 0.497 e. The van der Waals surface area contributed by atoms with E-state index in [-0.39, 0.29) is 30.8 Å². The van der Waals surface area contributed by atoms with Crippen molar-refractivity contribution in [2.45, 2.75) is 39.9 Å². The van der Waals surface area contributed by atoms with Crippen molar-refractivity contribution in [3.8, 4) is 11.5 Å². The van der Waals surface area contributed by atoms with Crippen molar-refractivity contribution in [1.29, 1.82) is 0 Å². The molecule has 0 radical (unpaired) electrons. The Hall–Kier alpha value is -4.40. The van der Waals surface area contributed by atoms with Crippen molar-refractivity contribution in [3.63, 3.8) is 0 Å². The highest BCUT2D eigenvalue weighted by atomic mass is 16.5. The maximum atomic E-state index is 13.9. The molecule has 38 heavy (non-hydrogen) atoms. The standard InChI is InChI=1S/C29H33N5O4/c1-19(2)28(29(36)30-24-15-14-22(37-4)16-26(24)38-5)33(17-21-12-10-20(3)11-13-21)27(35)18-34-25-9-7-6-8-23(25)31-32-34/h6-16,19,28H,17-18H2,1-5H3,(H,30,36)/t28-/m0/s1. The first-order valence-electron chi connectivity index (χ1n) is 12.5. The van der Waals surface area contributed by atoms with E-state index in [1.807, 2.05) is 69.3 Å². The van der Waals surface area contributed by atoms with E-state index < -0.39 is 6.04 Å². The van der Waals surface area contributed by atoms with E-state index in [0.29, 0.717) is 22.7 Å². The summed E-state index contributed by atoms with van der Waals surface area (Å²) in [6.45, 7) is 6.08. The number of aromatic nitrogens is 3. The second-order valence-corrected chi connectivity index (χ2v) is 9.49. The van der Waals surface area contributed by atoms with Crippen LogP contribution in [0, 0.1) is 12.8 Å². The van der Waals surface area contributed by atoms with Crippen LogP contribution in [0.3, 0.4) is 0 Å². The highest BCUT2D eigenvalue weighted by Gasteiger charge is 2.33. The number of nitrogens with zero attached hydrogens (tertiary/aromatic N) is 4. The predicted molar refractivity (Wildman–Crippen MR) is 146 cm³/mol. The first-order valence-corrected chi connectivity index (χ1v) is 12.5. The topological polar surface area (TPSA) is 98.6 Å². The van der Waals surface area contributed by atoms with Crippen LogP contribution in [0.15, 0.2) is 66.7 Å². The summed E-state index contributed by atoms with van der Waals surface area (Å²) in [5, 5.41) is 11.3. The fourth-order valence-corrected chi connectivity index (χ4v) is 4.40. The second-order valence-electron chi connectivity index (χ2n) is 9.49. The van der Waals surface area contributed by atoms with Crippen LogP contribution in [-0.2, 0) is 22.7 Å². The molecule has 0 aliphatic heterocycles. The van der Waals surface area contributed by atoms with Gasteiger partial charge in [-0.1, -0.05) is 61.0 Å². The summed E-state index contributed by atoms with van der Waals surface area (Å²) >= 11 is 0. The number of nitrogens with one attached hydrogen (secondary N) is 1. The number of methoxy groups -OCH3 is 2. The molecule has 198 valence electrons. The molecule has 0 bridgehead atoms. The number of amides is 2. The van der Waals surface area contributed by atoms with E-state index in [1.165, 1.54) is 7.11 Å². The summed E-state index contributed by atoms with van der Waals surface area (Å²) in [6, 6.07) is 19.8. The molecule has 2 amide bonds. The molecule has 0 aliphatic carbocycles. The lowest BCUT2D eigenvalue weighted by Crippen LogP contribution is -2.50. The fourth-order valence-electron chi connectivity index (χ4n) is 4.40. The van der Waals surface area contributed by atoms with E-state index >= 15 is 0 Å². The molecule has 0 fully saturated rings. The van der Waals surface area contributed by atoms with E-state index in [9.17, 15) is 9.59 Å². The predicted octanol–water partition coefficient (Wildman–Crippen LogP) is 4.45. The highest BCUT2D eigenvalue weighted by Crippen LogP contribution is 2.30. The zero-order chi connectivity index (χ0) is 27.2. The summed E-state index contributed by atoms with van der Waals surface area (Å²) in [4.78, 5) is 29.2. The zero-order valence-electron chi connectivity index (χ0n) is 22.3. The van der Waals surface area contributed by atoms with Crippen molar-refractivity contribution < 1.29 is 19.1 Å². The first kappa shape index (κ1) is 26.7. The smallest absolute Gasteiger partial charge is 0.247 e. The number of hydrogen-bond donors (Lipinski definition) is 1. The van der Waals surface area contributed by atoms with Gasteiger partial charge in [0.25, 0.3) is 0 Å². The molecule has 9 nitrogen and oxygen atoms in total. The third-order valence-electron chi connectivity index (χ3n) is 6.40. The number of carbonyl (C=O) groups excluding carboxylic acids is 2. The van der Waals surface area contributed by atoms with Gasteiger partial charge in [0.1, 0.15) is 29.6 Å². The van der Waals surface area contributed by atoms with Gasteiger partial charge < -0.3 is 19.7 Å². The summed E-state index contributed by atoms with van der Waals surface area (Å²) in [6.07, 6.45) is 0. The van der Waals surface area contributed by atoms with Crippen LogP contribution in [0.1, 0.15) is 25.0 Å². The molecule has 4 aromatic rings. The Morgan fingerprint density at radius 1 is 1.00 bits per heavy atom. The lowest BCUT2D eigenvalue weighted by atomic mass is 9.99. The number of ether oxygens (including phenoxy) is 2. The maximum absolute atomic E-state index is 13.9. The molecule has 4 rings (SSSR count). The maximum Gasteiger partial charge on any atom is 0.247 e. The van der Waals surface area contributed by atoms with Crippen LogP contribution in [-0.4, -0.2) is 52.0 Å². The average molecular weight is 516 g/mol. The Labute approximate surface area is 222 Å². The lowest BCUT2D eigenvalue weighted by Gasteiger charge is -2.34. The van der Waals surface area contributed by atoms with E-state index in [1.54, 1.807) is 34.9 Å². The van der Waals surface area contributed by atoms with E-state index in [4.69, 9.17) is 9.47 Å². The van der Waals surface area contributed by atoms with Gasteiger partial charge >= 0.3 is 0 Å². The van der Waals surface area contributed by atoms with Crippen molar-refractivity contribution >= 4 is 28.5 Å². The van der Waals surface area contributed by atoms with Crippen LogP contribution >= 0.6 is 0 Å². The van der Waals surface area contributed by atoms with Crippen molar-refractivity contribution in [2.24, 2.45) is 5.92 Å². The number of hydrogen-bond acceptors (Lipinski definition) is 6. The summed E-state index contributed by atoms with van der Waals surface area (Å²) in [7, 11) is 3.09. The number of benzene rings is 3. The molecule has 1 atom stereocenters. The minimum Gasteiger partial charge on any atom is -0.497 e. The Morgan fingerprint density at radius 3 is 2.42 bits per heavy atom. The Morgan fingerprint density at radius 2 is 1.74 bits per heavy atom. The van der Waals surface area contributed by atoms with Crippen LogP contribution in [0.25, 0.3) is 11.0 Å². The SMILES string of the molecule is COc1ccc(NC(=O)[C@H](C(C)C)N(Cc2ccc(C)cc2)C(=O)Cn2nnc3ccccc32)c(OC)c1. The number of para-hydroxylation sites is 1. The Kier molecular flexibility index (Phi) is 8.25. The summed E-state index contributed by atoms with van der Waals surface area (Å²) in [5.74, 6) is 0.340. The second kappa shape index (κ2) is 11.8. The molecule has 3 aromatic carbocycles. The average Bonchev–Trinajstić information content (AvgIpc) is 3.32. The highest BCUT2D eigenvalue weighted by molar-refractivity contribution is 5.98. The van der Waals surface area contributed by atoms with Gasteiger partial charge in [0, 0.05) is 12.6 Å². The Bertz CT molecular complexity index is 1410. The third kappa shape index (κ3) is 5.94. The van der Waals surface area contributed by atoms with Gasteiger partial charge in [-0.25, -0.2) is 4.68 Å². The molecule has 1 N–H and O–H groups in total. The quantitative estimate of drug-likeness (QED) is 0.335. The van der Waals surface area contributed by atoms with Gasteiger partial charge in [0.2, 0.25) is 11.8 Å². The third-order valence-corrected chi connectivity index (χ3v) is 6.40. The van der Waals surface area contributed by atoms with Crippen molar-refractivity contribution in [3.05, 3.63) is 77.9 Å². The molecule has 0 saturated carbocycles. The minimum atomic E-state index is -0.759. The number of aryl methyl sites for hydroxylation is 1. The molecule has 0 saturated heterocycles. The molecule has 0 unspecified atom stereocenters. The number of fused-ring (bicyclic) bond motifs is 1. The molecular weight excluding hydrogens is 482 g/mol. The molecule has 1 aromatic heterocycles. The van der Waals surface area contributed by atoms with Crippen LogP contribution in [0.4, 0.5) is 5.69 Å². The van der Waals surface area contributed by atoms with Crippen molar-refractivity contribution in [1.82, 2.24) is 19.9 Å². The van der Waals surface area contributed by atoms with E-state index in [2.05, 4.69) is 15.6 Å². The number of anilines is 1. The van der Waals surface area contributed by atoms with Crippen LogP contribution in [0.5, 0.6) is 11.5 Å². The summed E-state index contributed by atoms with van der Waals surface area (Å²) in [5.41, 5.74) is 3.99. The van der Waals surface area contributed by atoms with Gasteiger partial charge in [-0.3, -0.25) is 9.59 Å². The van der Waals surface area contributed by atoms with Gasteiger partial charge in [-0.05, 0) is 42.7 Å². The fraction of sp³-hybridized carbons (Fsp3) is 0.310. The van der Waals surface area contributed by atoms with Gasteiger partial charge in [0.15, 0.2) is 0 Å². The molecule has 9 heteroatoms. The minimum absolute atomic E-state index is 0.0469. The monoisotopic (exact) mass is 515 g/mol. The first-order chi connectivity index (χ1) is 18.3. The Balaban J connectivity index is 1.66. The molecule has 1 heterocycles. The zero-order valence-corrected chi connectivity index (χ0v) is 22.3. The molecular formula is C29H33N5O4. The van der Waals surface area contributed by atoms with Gasteiger partial charge in [-0.2, -0.15) is 0 Å². The lowest BCUT2D eigenvalue weighted by molar-refractivity contribution is -0.141.